The highest BCUT2D eigenvalue weighted by molar-refractivity contribution is 7.98. The Morgan fingerprint density at radius 2 is 2.21 bits per heavy atom. The molecule has 14 heavy (non-hydrogen) atoms. The smallest absolute Gasteiger partial charge is 0.237 e. The number of hydrogen-bond acceptors (Lipinski definition) is 1. The fourth-order valence-corrected chi connectivity index (χ4v) is 2.23. The number of hydrogen-bond donors (Lipinski definition) is 0. The summed E-state index contributed by atoms with van der Waals surface area (Å²) in [5.41, 5.74) is 0. The van der Waals surface area contributed by atoms with Crippen molar-refractivity contribution in [3.63, 3.8) is 0 Å². The molecule has 0 aliphatic heterocycles. The topological polar surface area (TPSA) is 8.81 Å². The van der Waals surface area contributed by atoms with E-state index >= 15 is 0 Å². The van der Waals surface area contributed by atoms with Gasteiger partial charge in [0.2, 0.25) is 0 Å². The van der Waals surface area contributed by atoms with Crippen LogP contribution in [0.5, 0.6) is 0 Å². The lowest BCUT2D eigenvalue weighted by Gasteiger charge is -2.00. The lowest BCUT2D eigenvalue weighted by molar-refractivity contribution is -0.678. The van der Waals surface area contributed by atoms with E-state index in [4.69, 9.17) is 0 Å². The van der Waals surface area contributed by atoms with Gasteiger partial charge in [-0.2, -0.15) is 11.8 Å². The van der Waals surface area contributed by atoms with Crippen LogP contribution in [-0.4, -0.2) is 16.6 Å². The van der Waals surface area contributed by atoms with E-state index in [2.05, 4.69) is 41.8 Å². The van der Waals surface area contributed by atoms with Crippen molar-refractivity contribution in [1.29, 1.82) is 0 Å². The summed E-state index contributed by atoms with van der Waals surface area (Å²) in [6, 6.07) is 0. The first-order valence-corrected chi connectivity index (χ1v) is 6.71. The highest BCUT2D eigenvalue weighted by Crippen LogP contribution is 2.03. The van der Waals surface area contributed by atoms with E-state index in [0.717, 1.165) is 6.42 Å². The molecule has 0 aliphatic rings. The Hall–Kier alpha value is -0.440. The molecule has 0 fully saturated rings. The Labute approximate surface area is 91.3 Å². The molecule has 0 N–H and O–H groups in total. The highest BCUT2D eigenvalue weighted by atomic mass is 32.2. The first-order valence-electron chi connectivity index (χ1n) is 5.32. The summed E-state index contributed by atoms with van der Waals surface area (Å²) in [6.45, 7) is 3.39. The van der Waals surface area contributed by atoms with Crippen LogP contribution in [0.25, 0.3) is 0 Å². The molecule has 1 heterocycles. The maximum Gasteiger partial charge on any atom is 0.255 e. The van der Waals surface area contributed by atoms with Crippen LogP contribution >= 0.6 is 11.8 Å². The molecule has 0 spiro atoms. The molecule has 0 saturated heterocycles. The number of thioether (sulfide) groups is 1. The summed E-state index contributed by atoms with van der Waals surface area (Å²) in [7, 11) is 2.12. The first-order chi connectivity index (χ1) is 6.79. The maximum atomic E-state index is 2.38. The van der Waals surface area contributed by atoms with E-state index in [0.29, 0.717) is 0 Å². The van der Waals surface area contributed by atoms with Crippen LogP contribution in [0.2, 0.25) is 0 Å². The van der Waals surface area contributed by atoms with Crippen molar-refractivity contribution in [1.82, 2.24) is 4.57 Å². The fourth-order valence-electron chi connectivity index (χ4n) is 1.74. The number of rotatable bonds is 6. The molecule has 1 aromatic rings. The van der Waals surface area contributed by atoms with Crippen LogP contribution in [0, 0.1) is 0 Å². The zero-order chi connectivity index (χ0) is 10.4. The van der Waals surface area contributed by atoms with E-state index in [-0.39, 0.29) is 0 Å². The minimum absolute atomic E-state index is 1.12. The molecule has 0 atom stereocenters. The number of unbranched alkanes of at least 4 members (excludes halogenated alkanes) is 1. The van der Waals surface area contributed by atoms with Gasteiger partial charge < -0.3 is 0 Å². The molecular weight excluding hydrogens is 192 g/mol. The molecule has 0 saturated carbocycles. The first kappa shape index (κ1) is 11.6. The Kier molecular flexibility index (Phi) is 5.09. The van der Waals surface area contributed by atoms with Crippen LogP contribution in [0.15, 0.2) is 12.4 Å². The van der Waals surface area contributed by atoms with Crippen LogP contribution in [0.3, 0.4) is 0 Å². The SMILES string of the molecule is CCc1n(CCCCSC)cc[n+]1C. The van der Waals surface area contributed by atoms with Gasteiger partial charge in [0.15, 0.2) is 0 Å². The third-order valence-corrected chi connectivity index (χ3v) is 3.22. The van der Waals surface area contributed by atoms with Crippen LogP contribution in [0.1, 0.15) is 25.6 Å². The minimum atomic E-state index is 1.12. The van der Waals surface area contributed by atoms with Gasteiger partial charge in [-0.1, -0.05) is 6.92 Å². The van der Waals surface area contributed by atoms with Crippen molar-refractivity contribution >= 4 is 11.8 Å². The second kappa shape index (κ2) is 6.12. The van der Waals surface area contributed by atoms with Gasteiger partial charge in [0.1, 0.15) is 12.4 Å². The van der Waals surface area contributed by atoms with Gasteiger partial charge in [-0.05, 0) is 24.9 Å². The standard InChI is InChI=1S/C11H21N2S/c1-4-11-12(2)8-9-13(11)7-5-6-10-14-3/h8-9H,4-7,10H2,1-3H3/q+1. The van der Waals surface area contributed by atoms with Gasteiger partial charge in [-0.25, -0.2) is 9.13 Å². The summed E-state index contributed by atoms with van der Waals surface area (Å²) in [5, 5.41) is 0. The average Bonchev–Trinajstić information content (AvgIpc) is 2.54. The zero-order valence-corrected chi connectivity index (χ0v) is 10.3. The maximum absolute atomic E-state index is 2.38. The summed E-state index contributed by atoms with van der Waals surface area (Å²) < 4.78 is 4.59. The van der Waals surface area contributed by atoms with Crippen molar-refractivity contribution in [2.24, 2.45) is 7.05 Å². The van der Waals surface area contributed by atoms with Crippen molar-refractivity contribution in [3.05, 3.63) is 18.2 Å². The van der Waals surface area contributed by atoms with Gasteiger partial charge in [0, 0.05) is 6.42 Å². The summed E-state index contributed by atoms with van der Waals surface area (Å²) in [6.07, 6.45) is 10.2. The highest BCUT2D eigenvalue weighted by Gasteiger charge is 2.10. The summed E-state index contributed by atoms with van der Waals surface area (Å²) in [5.74, 6) is 2.71. The second-order valence-electron chi connectivity index (χ2n) is 3.57. The van der Waals surface area contributed by atoms with E-state index < -0.39 is 0 Å². The molecule has 80 valence electrons. The van der Waals surface area contributed by atoms with Crippen molar-refractivity contribution < 1.29 is 4.57 Å². The van der Waals surface area contributed by atoms with Crippen LogP contribution in [0.4, 0.5) is 0 Å². The molecule has 0 radical (unpaired) electrons. The lowest BCUT2D eigenvalue weighted by Crippen LogP contribution is -2.31. The molecule has 1 aromatic heterocycles. The number of aromatic nitrogens is 2. The molecule has 2 nitrogen and oxygen atoms in total. The Morgan fingerprint density at radius 1 is 1.43 bits per heavy atom. The van der Waals surface area contributed by atoms with Crippen LogP contribution < -0.4 is 4.57 Å². The Bertz CT molecular complexity index is 268. The van der Waals surface area contributed by atoms with Gasteiger partial charge in [0.05, 0.1) is 13.6 Å². The molecule has 0 unspecified atom stereocenters. The van der Waals surface area contributed by atoms with Gasteiger partial charge in [-0.3, -0.25) is 0 Å². The van der Waals surface area contributed by atoms with E-state index in [1.54, 1.807) is 0 Å². The monoisotopic (exact) mass is 213 g/mol. The number of imidazole rings is 1. The van der Waals surface area contributed by atoms with Crippen molar-refractivity contribution in [2.45, 2.75) is 32.7 Å². The molecule has 1 rings (SSSR count). The second-order valence-corrected chi connectivity index (χ2v) is 4.56. The fraction of sp³-hybridized carbons (Fsp3) is 0.727. The third-order valence-electron chi connectivity index (χ3n) is 2.52. The van der Waals surface area contributed by atoms with E-state index in [1.165, 1.54) is 31.0 Å². The molecule has 0 aliphatic carbocycles. The average molecular weight is 213 g/mol. The van der Waals surface area contributed by atoms with Gasteiger partial charge in [0.25, 0.3) is 5.82 Å². The Balaban J connectivity index is 2.42. The predicted octanol–water partition coefficient (Wildman–Crippen LogP) is 2.02. The quantitative estimate of drug-likeness (QED) is 0.519. The van der Waals surface area contributed by atoms with Crippen molar-refractivity contribution in [2.75, 3.05) is 12.0 Å². The molecule has 0 bridgehead atoms. The molecule has 0 aromatic carbocycles. The molecular formula is C11H21N2S+. The van der Waals surface area contributed by atoms with Gasteiger partial charge >= 0.3 is 0 Å². The van der Waals surface area contributed by atoms with Crippen molar-refractivity contribution in [3.8, 4) is 0 Å². The molecule has 0 amide bonds. The summed E-state index contributed by atoms with van der Waals surface area (Å²) >= 11 is 1.94. The largest absolute Gasteiger partial charge is 0.255 e. The minimum Gasteiger partial charge on any atom is -0.237 e. The van der Waals surface area contributed by atoms with Gasteiger partial charge in [-0.15, -0.1) is 0 Å². The van der Waals surface area contributed by atoms with Crippen LogP contribution in [-0.2, 0) is 20.0 Å². The summed E-state index contributed by atoms with van der Waals surface area (Å²) in [4.78, 5) is 0. The zero-order valence-electron chi connectivity index (χ0n) is 9.49. The predicted molar refractivity (Wildman–Crippen MR) is 62.6 cm³/mol. The van der Waals surface area contributed by atoms with E-state index in [9.17, 15) is 0 Å². The number of nitrogens with zero attached hydrogens (tertiary/aromatic N) is 2. The third kappa shape index (κ3) is 3.05. The normalized spacial score (nSPS) is 10.8. The van der Waals surface area contributed by atoms with E-state index in [1.807, 2.05) is 11.8 Å². The number of aryl methyl sites for hydroxylation is 2. The lowest BCUT2D eigenvalue weighted by atomic mass is 10.3. The Morgan fingerprint density at radius 3 is 2.86 bits per heavy atom. The molecule has 3 heteroatoms.